The number of aromatic nitrogens is 2. The summed E-state index contributed by atoms with van der Waals surface area (Å²) in [6, 6.07) is 6.25. The fraction of sp³-hybridized carbons (Fsp3) is 0.273. The molecule has 2 aromatic heterocycles. The number of ether oxygens (including phenoxy) is 1. The Kier molecular flexibility index (Phi) is 10.1. The van der Waals surface area contributed by atoms with Gasteiger partial charge in [0.1, 0.15) is 17.9 Å². The van der Waals surface area contributed by atoms with Crippen molar-refractivity contribution in [1.82, 2.24) is 15.3 Å². The first-order valence-corrected chi connectivity index (χ1v) is 14.8. The van der Waals surface area contributed by atoms with Crippen molar-refractivity contribution in [2.24, 2.45) is 0 Å². The average molecular weight is 683 g/mol. The Labute approximate surface area is 276 Å². The minimum atomic E-state index is -4.64. The molecule has 0 saturated carbocycles. The Morgan fingerprint density at radius 2 is 1.94 bits per heavy atom. The van der Waals surface area contributed by atoms with Gasteiger partial charge >= 0.3 is 12.1 Å². The van der Waals surface area contributed by atoms with E-state index in [4.69, 9.17) is 4.74 Å². The van der Waals surface area contributed by atoms with Gasteiger partial charge in [-0.2, -0.15) is 13.2 Å². The van der Waals surface area contributed by atoms with Crippen LogP contribution in [0.1, 0.15) is 31.8 Å². The van der Waals surface area contributed by atoms with Gasteiger partial charge in [0.25, 0.3) is 11.8 Å². The number of aliphatic carboxylic acids is 1. The van der Waals surface area contributed by atoms with Crippen LogP contribution in [0, 0.1) is 12.7 Å². The van der Waals surface area contributed by atoms with Crippen molar-refractivity contribution < 1.29 is 46.6 Å². The topological polar surface area (TPSA) is 154 Å². The lowest BCUT2D eigenvalue weighted by Crippen LogP contribution is -2.53. The summed E-state index contributed by atoms with van der Waals surface area (Å²) in [4.78, 5) is 60.5. The number of carbonyl (C=O) groups is 4. The number of hydrogen-bond donors (Lipinski definition) is 3. The molecular formula is C33H30F4N6O6. The number of rotatable bonds is 10. The number of halogens is 4. The molecule has 4 aromatic rings. The van der Waals surface area contributed by atoms with Gasteiger partial charge in [-0.15, -0.1) is 0 Å². The van der Waals surface area contributed by atoms with Gasteiger partial charge in [0, 0.05) is 43.5 Å². The van der Waals surface area contributed by atoms with Crippen LogP contribution in [0.15, 0.2) is 61.1 Å². The maximum atomic E-state index is 15.4. The molecule has 0 spiro atoms. The molecule has 1 fully saturated rings. The molecule has 16 heteroatoms. The van der Waals surface area contributed by atoms with E-state index in [1.165, 1.54) is 55.7 Å². The van der Waals surface area contributed by atoms with Crippen molar-refractivity contribution in [3.8, 4) is 0 Å². The van der Waals surface area contributed by atoms with Crippen LogP contribution in [-0.2, 0) is 20.7 Å². The Balaban J connectivity index is 1.38. The summed E-state index contributed by atoms with van der Waals surface area (Å²) >= 11 is 0. The van der Waals surface area contributed by atoms with E-state index in [9.17, 15) is 37.5 Å². The maximum absolute atomic E-state index is 15.4. The smallest absolute Gasteiger partial charge is 0.411 e. The van der Waals surface area contributed by atoms with Crippen molar-refractivity contribution in [2.45, 2.75) is 31.6 Å². The molecule has 1 aliphatic rings. The van der Waals surface area contributed by atoms with E-state index in [-0.39, 0.29) is 47.8 Å². The highest BCUT2D eigenvalue weighted by atomic mass is 19.4. The standard InChI is InChI=1S/C33H30F4N6O6/c1-18-12-20(43-10-11-49-16-27(43)33(35,36)37)14-23(34)28(18)31(46)41-25(32(47)48)13-19-5-6-24(29-21(19)4-3-8-39-29)40-30(45)22-7-9-38-15-26(22)42(2)17-44/h3-9,12,14-15,17,25,27H,10-11,13,16H2,1-2H3,(H,40,45)(H,41,46)(H,47,48)/t25-,27+/m0/s1. The second kappa shape index (κ2) is 14.2. The molecule has 2 aromatic carbocycles. The van der Waals surface area contributed by atoms with Crippen LogP contribution in [0.5, 0.6) is 0 Å². The van der Waals surface area contributed by atoms with E-state index >= 15 is 4.39 Å². The average Bonchev–Trinajstić information content (AvgIpc) is 3.07. The van der Waals surface area contributed by atoms with Crippen LogP contribution in [0.3, 0.4) is 0 Å². The van der Waals surface area contributed by atoms with Crippen molar-refractivity contribution in [3.63, 3.8) is 0 Å². The van der Waals surface area contributed by atoms with Crippen LogP contribution < -0.4 is 20.4 Å². The number of benzene rings is 2. The minimum absolute atomic E-state index is 0.00199. The quantitative estimate of drug-likeness (QED) is 0.166. The van der Waals surface area contributed by atoms with E-state index < -0.39 is 54.0 Å². The van der Waals surface area contributed by atoms with Gasteiger partial charge in [-0.3, -0.25) is 24.4 Å². The van der Waals surface area contributed by atoms with Gasteiger partial charge in [-0.25, -0.2) is 9.18 Å². The lowest BCUT2D eigenvalue weighted by atomic mass is 9.99. The van der Waals surface area contributed by atoms with Crippen LogP contribution in [0.4, 0.5) is 34.6 Å². The molecule has 5 rings (SSSR count). The van der Waals surface area contributed by atoms with Crippen LogP contribution >= 0.6 is 0 Å². The number of amides is 3. The van der Waals surface area contributed by atoms with Gasteiger partial charge < -0.3 is 30.3 Å². The summed E-state index contributed by atoms with van der Waals surface area (Å²) in [6.45, 7) is 0.564. The zero-order valence-electron chi connectivity index (χ0n) is 26.1. The monoisotopic (exact) mass is 682 g/mol. The van der Waals surface area contributed by atoms with E-state index in [1.807, 2.05) is 0 Å². The number of carboxylic acids is 1. The van der Waals surface area contributed by atoms with Crippen LogP contribution in [-0.4, -0.2) is 84.3 Å². The largest absolute Gasteiger partial charge is 0.480 e. The molecule has 12 nitrogen and oxygen atoms in total. The molecule has 3 heterocycles. The van der Waals surface area contributed by atoms with Crippen LogP contribution in [0.2, 0.25) is 0 Å². The van der Waals surface area contributed by atoms with E-state index in [2.05, 4.69) is 20.6 Å². The van der Waals surface area contributed by atoms with Crippen molar-refractivity contribution in [3.05, 3.63) is 89.1 Å². The fourth-order valence-electron chi connectivity index (χ4n) is 5.63. The van der Waals surface area contributed by atoms with E-state index in [1.54, 1.807) is 18.2 Å². The number of aryl methyl sites for hydroxylation is 1. The highest BCUT2D eigenvalue weighted by Gasteiger charge is 2.45. The van der Waals surface area contributed by atoms with E-state index in [0.29, 0.717) is 22.9 Å². The van der Waals surface area contributed by atoms with Gasteiger partial charge in [-0.1, -0.05) is 12.1 Å². The lowest BCUT2D eigenvalue weighted by molar-refractivity contribution is -0.167. The SMILES string of the molecule is Cc1cc(N2CCOC[C@@H]2C(F)(F)F)cc(F)c1C(=O)N[C@@H](Cc1ccc(NC(=O)c2ccncc2N(C)C=O)c2ncccc12)C(=O)O. The number of fused-ring (bicyclic) bond motifs is 1. The molecular weight excluding hydrogens is 652 g/mol. The zero-order valence-corrected chi connectivity index (χ0v) is 26.1. The first kappa shape index (κ1) is 34.7. The highest BCUT2D eigenvalue weighted by Crippen LogP contribution is 2.33. The summed E-state index contributed by atoms with van der Waals surface area (Å²) < 4.78 is 61.2. The highest BCUT2D eigenvalue weighted by molar-refractivity contribution is 6.12. The number of carboxylic acid groups (broad SMARTS) is 1. The van der Waals surface area contributed by atoms with Crippen molar-refractivity contribution in [1.29, 1.82) is 0 Å². The second-order valence-corrected chi connectivity index (χ2v) is 11.2. The Hall–Kier alpha value is -5.64. The molecule has 1 saturated heterocycles. The Morgan fingerprint density at radius 1 is 1.16 bits per heavy atom. The first-order valence-electron chi connectivity index (χ1n) is 14.8. The zero-order chi connectivity index (χ0) is 35.5. The predicted octanol–water partition coefficient (Wildman–Crippen LogP) is 4.12. The number of alkyl halides is 3. The molecule has 3 N–H and O–H groups in total. The number of carbonyl (C=O) groups excluding carboxylic acids is 3. The molecule has 256 valence electrons. The normalized spacial score (nSPS) is 15.4. The molecule has 3 amide bonds. The van der Waals surface area contributed by atoms with E-state index in [0.717, 1.165) is 11.0 Å². The summed E-state index contributed by atoms with van der Waals surface area (Å²) in [5, 5.41) is 15.6. The molecule has 0 unspecified atom stereocenters. The van der Waals surface area contributed by atoms with Gasteiger partial charge in [-0.05, 0) is 48.4 Å². The third-order valence-corrected chi connectivity index (χ3v) is 8.06. The Bertz CT molecular complexity index is 1900. The van der Waals surface area contributed by atoms with Crippen LogP contribution in [0.25, 0.3) is 10.9 Å². The predicted molar refractivity (Wildman–Crippen MR) is 170 cm³/mol. The molecule has 1 aliphatic heterocycles. The number of nitrogens with one attached hydrogen (secondary N) is 2. The number of morpholine rings is 1. The summed E-state index contributed by atoms with van der Waals surface area (Å²) in [6.07, 6.45) is -0.157. The summed E-state index contributed by atoms with van der Waals surface area (Å²) in [7, 11) is 1.47. The van der Waals surface area contributed by atoms with Crippen molar-refractivity contribution in [2.75, 3.05) is 41.9 Å². The maximum Gasteiger partial charge on any atom is 0.411 e. The summed E-state index contributed by atoms with van der Waals surface area (Å²) in [5.41, 5.74) is 0.848. The summed E-state index contributed by atoms with van der Waals surface area (Å²) in [5.74, 6) is -4.17. The first-order chi connectivity index (χ1) is 23.3. The van der Waals surface area contributed by atoms with Gasteiger partial charge in [0.05, 0.1) is 47.4 Å². The molecule has 0 aliphatic carbocycles. The molecule has 0 radical (unpaired) electrons. The number of pyridine rings is 2. The second-order valence-electron chi connectivity index (χ2n) is 11.2. The third kappa shape index (κ3) is 7.43. The lowest BCUT2D eigenvalue weighted by Gasteiger charge is -2.38. The van der Waals surface area contributed by atoms with Crippen molar-refractivity contribution >= 4 is 52.2 Å². The minimum Gasteiger partial charge on any atom is -0.480 e. The molecule has 2 atom stereocenters. The fourth-order valence-corrected chi connectivity index (χ4v) is 5.63. The third-order valence-electron chi connectivity index (χ3n) is 8.06. The number of nitrogens with zero attached hydrogens (tertiary/aromatic N) is 4. The molecule has 49 heavy (non-hydrogen) atoms. The number of hydrogen-bond acceptors (Lipinski definition) is 8. The number of anilines is 3. The Morgan fingerprint density at radius 3 is 2.63 bits per heavy atom. The van der Waals surface area contributed by atoms with Gasteiger partial charge in [0.2, 0.25) is 6.41 Å². The molecule has 0 bridgehead atoms. The van der Waals surface area contributed by atoms with Gasteiger partial charge in [0.15, 0.2) is 0 Å².